The van der Waals surface area contributed by atoms with Gasteiger partial charge in [-0.1, -0.05) is 6.07 Å². The molecule has 0 radical (unpaired) electrons. The Kier molecular flexibility index (Phi) is 5.93. The highest BCUT2D eigenvalue weighted by atomic mass is 16.5. The van der Waals surface area contributed by atoms with Crippen LogP contribution < -0.4 is 4.74 Å². The maximum Gasteiger partial charge on any atom is 0.305 e. The molecule has 0 spiro atoms. The van der Waals surface area contributed by atoms with Crippen LogP contribution in [0.2, 0.25) is 0 Å². The molecule has 0 saturated heterocycles. The number of phenolic OH excluding ortho intramolecular Hbond substituents is 1. The zero-order valence-corrected chi connectivity index (χ0v) is 10.0. The van der Waals surface area contributed by atoms with Crippen molar-refractivity contribution in [3.8, 4) is 11.5 Å². The van der Waals surface area contributed by atoms with Gasteiger partial charge in [-0.05, 0) is 31.9 Å². The molecular formula is C13H18O4. The standard InChI is InChI=1S/C13H18O4/c1-2-16-13(15)8-3-4-9-17-12-7-5-6-11(14)10-12/h5-7,10,14H,2-4,8-9H2,1H3. The molecule has 0 saturated carbocycles. The number of carbonyl (C=O) groups excluding carboxylic acids is 1. The van der Waals surface area contributed by atoms with E-state index in [1.165, 1.54) is 0 Å². The fraction of sp³-hybridized carbons (Fsp3) is 0.462. The van der Waals surface area contributed by atoms with Crippen LogP contribution in [0.25, 0.3) is 0 Å². The van der Waals surface area contributed by atoms with Crippen LogP contribution in [0.3, 0.4) is 0 Å². The van der Waals surface area contributed by atoms with Gasteiger partial charge in [-0.25, -0.2) is 0 Å². The topological polar surface area (TPSA) is 55.8 Å². The lowest BCUT2D eigenvalue weighted by atomic mass is 10.2. The molecule has 94 valence electrons. The molecule has 0 amide bonds. The third-order valence-electron chi connectivity index (χ3n) is 2.17. The number of rotatable bonds is 7. The largest absolute Gasteiger partial charge is 0.508 e. The van der Waals surface area contributed by atoms with Gasteiger partial charge in [0.2, 0.25) is 0 Å². The van der Waals surface area contributed by atoms with Crippen molar-refractivity contribution >= 4 is 5.97 Å². The summed E-state index contributed by atoms with van der Waals surface area (Å²) in [6.45, 7) is 2.75. The van der Waals surface area contributed by atoms with Crippen molar-refractivity contribution in [2.24, 2.45) is 0 Å². The van der Waals surface area contributed by atoms with Crippen LogP contribution in [0, 0.1) is 0 Å². The van der Waals surface area contributed by atoms with Gasteiger partial charge in [-0.15, -0.1) is 0 Å². The van der Waals surface area contributed by atoms with Crippen molar-refractivity contribution in [3.05, 3.63) is 24.3 Å². The van der Waals surface area contributed by atoms with E-state index in [-0.39, 0.29) is 11.7 Å². The van der Waals surface area contributed by atoms with Gasteiger partial charge in [0.25, 0.3) is 0 Å². The van der Waals surface area contributed by atoms with Crippen LogP contribution in [0.15, 0.2) is 24.3 Å². The van der Waals surface area contributed by atoms with Gasteiger partial charge < -0.3 is 14.6 Å². The molecular weight excluding hydrogens is 220 g/mol. The molecule has 1 rings (SSSR count). The van der Waals surface area contributed by atoms with Crippen LogP contribution >= 0.6 is 0 Å². The van der Waals surface area contributed by atoms with E-state index < -0.39 is 0 Å². The van der Waals surface area contributed by atoms with Gasteiger partial charge in [-0.2, -0.15) is 0 Å². The highest BCUT2D eigenvalue weighted by Crippen LogP contribution is 2.17. The Morgan fingerprint density at radius 3 is 2.88 bits per heavy atom. The minimum atomic E-state index is -0.162. The zero-order valence-electron chi connectivity index (χ0n) is 10.0. The summed E-state index contributed by atoms with van der Waals surface area (Å²) in [6, 6.07) is 6.66. The lowest BCUT2D eigenvalue weighted by Crippen LogP contribution is -2.05. The molecule has 1 N–H and O–H groups in total. The van der Waals surface area contributed by atoms with Gasteiger partial charge in [0.15, 0.2) is 0 Å². The Balaban J connectivity index is 2.10. The number of carbonyl (C=O) groups is 1. The predicted molar refractivity (Wildman–Crippen MR) is 64.1 cm³/mol. The highest BCUT2D eigenvalue weighted by molar-refractivity contribution is 5.69. The Morgan fingerprint density at radius 2 is 2.18 bits per heavy atom. The van der Waals surface area contributed by atoms with E-state index in [1.54, 1.807) is 31.2 Å². The van der Waals surface area contributed by atoms with Crippen molar-refractivity contribution in [2.45, 2.75) is 26.2 Å². The van der Waals surface area contributed by atoms with E-state index in [0.29, 0.717) is 25.4 Å². The van der Waals surface area contributed by atoms with Gasteiger partial charge in [0.1, 0.15) is 11.5 Å². The molecule has 1 aromatic carbocycles. The molecule has 4 nitrogen and oxygen atoms in total. The normalized spacial score (nSPS) is 9.94. The van der Waals surface area contributed by atoms with E-state index in [9.17, 15) is 9.90 Å². The summed E-state index contributed by atoms with van der Waals surface area (Å²) in [4.78, 5) is 11.0. The quantitative estimate of drug-likeness (QED) is 0.585. The van der Waals surface area contributed by atoms with E-state index in [4.69, 9.17) is 9.47 Å². The molecule has 0 bridgehead atoms. The van der Waals surface area contributed by atoms with Crippen LogP contribution in [-0.2, 0) is 9.53 Å². The summed E-state index contributed by atoms with van der Waals surface area (Å²) in [5.74, 6) is 0.667. The summed E-state index contributed by atoms with van der Waals surface area (Å²) in [5.41, 5.74) is 0. The SMILES string of the molecule is CCOC(=O)CCCCOc1cccc(O)c1. The summed E-state index contributed by atoms with van der Waals surface area (Å²) in [5, 5.41) is 9.21. The highest BCUT2D eigenvalue weighted by Gasteiger charge is 2.01. The average molecular weight is 238 g/mol. The molecule has 17 heavy (non-hydrogen) atoms. The minimum absolute atomic E-state index is 0.162. The summed E-state index contributed by atoms with van der Waals surface area (Å²) in [6.07, 6.45) is 1.96. The molecule has 4 heteroatoms. The van der Waals surface area contributed by atoms with Crippen molar-refractivity contribution in [1.82, 2.24) is 0 Å². The Bertz CT molecular complexity index is 349. The van der Waals surface area contributed by atoms with E-state index in [1.807, 2.05) is 0 Å². The number of esters is 1. The first-order valence-corrected chi connectivity index (χ1v) is 5.80. The van der Waals surface area contributed by atoms with Crippen molar-refractivity contribution < 1.29 is 19.4 Å². The number of phenols is 1. The Morgan fingerprint density at radius 1 is 1.35 bits per heavy atom. The van der Waals surface area contributed by atoms with Crippen molar-refractivity contribution in [3.63, 3.8) is 0 Å². The summed E-state index contributed by atoms with van der Waals surface area (Å²) < 4.78 is 10.2. The van der Waals surface area contributed by atoms with Crippen molar-refractivity contribution in [1.29, 1.82) is 0 Å². The third-order valence-corrected chi connectivity index (χ3v) is 2.17. The fourth-order valence-electron chi connectivity index (χ4n) is 1.37. The Labute approximate surface area is 101 Å². The second-order valence-electron chi connectivity index (χ2n) is 3.61. The first-order valence-electron chi connectivity index (χ1n) is 5.80. The Hall–Kier alpha value is -1.71. The smallest absolute Gasteiger partial charge is 0.305 e. The maximum atomic E-state index is 11.0. The van der Waals surface area contributed by atoms with Gasteiger partial charge in [0.05, 0.1) is 13.2 Å². The molecule has 0 heterocycles. The molecule has 0 aliphatic carbocycles. The third kappa shape index (κ3) is 5.80. The van der Waals surface area contributed by atoms with Crippen LogP contribution in [0.1, 0.15) is 26.2 Å². The predicted octanol–water partition coefficient (Wildman–Crippen LogP) is 2.50. The second-order valence-corrected chi connectivity index (χ2v) is 3.61. The van der Waals surface area contributed by atoms with E-state index >= 15 is 0 Å². The second kappa shape index (κ2) is 7.54. The minimum Gasteiger partial charge on any atom is -0.508 e. The van der Waals surface area contributed by atoms with Crippen LogP contribution in [0.5, 0.6) is 11.5 Å². The lowest BCUT2D eigenvalue weighted by molar-refractivity contribution is -0.143. The first-order chi connectivity index (χ1) is 8.22. The average Bonchev–Trinajstić information content (AvgIpc) is 2.29. The van der Waals surface area contributed by atoms with Gasteiger partial charge in [0, 0.05) is 12.5 Å². The van der Waals surface area contributed by atoms with Crippen LogP contribution in [0.4, 0.5) is 0 Å². The van der Waals surface area contributed by atoms with E-state index in [2.05, 4.69) is 0 Å². The summed E-state index contributed by atoms with van der Waals surface area (Å²) >= 11 is 0. The molecule has 0 aromatic heterocycles. The molecule has 0 unspecified atom stereocenters. The number of benzene rings is 1. The fourth-order valence-corrected chi connectivity index (χ4v) is 1.37. The molecule has 0 atom stereocenters. The van der Waals surface area contributed by atoms with Crippen molar-refractivity contribution in [2.75, 3.05) is 13.2 Å². The van der Waals surface area contributed by atoms with E-state index in [0.717, 1.165) is 12.8 Å². The molecule has 0 aliphatic rings. The molecule has 1 aromatic rings. The number of hydrogen-bond acceptors (Lipinski definition) is 4. The first kappa shape index (κ1) is 13.4. The number of ether oxygens (including phenoxy) is 2. The zero-order chi connectivity index (χ0) is 12.5. The summed E-state index contributed by atoms with van der Waals surface area (Å²) in [7, 11) is 0. The lowest BCUT2D eigenvalue weighted by Gasteiger charge is -2.06. The monoisotopic (exact) mass is 238 g/mol. The van der Waals surface area contributed by atoms with Gasteiger partial charge >= 0.3 is 5.97 Å². The number of unbranched alkanes of at least 4 members (excludes halogenated alkanes) is 1. The molecule has 0 aliphatic heterocycles. The maximum absolute atomic E-state index is 11.0. The number of aromatic hydroxyl groups is 1. The van der Waals surface area contributed by atoms with Gasteiger partial charge in [-0.3, -0.25) is 4.79 Å². The number of hydrogen-bond donors (Lipinski definition) is 1. The molecule has 0 fully saturated rings. The van der Waals surface area contributed by atoms with Crippen LogP contribution in [-0.4, -0.2) is 24.3 Å².